The first kappa shape index (κ1) is 15.3. The van der Waals surface area contributed by atoms with Crippen molar-refractivity contribution in [3.05, 3.63) is 52.4 Å². The van der Waals surface area contributed by atoms with Gasteiger partial charge in [0.15, 0.2) is 15.9 Å². The van der Waals surface area contributed by atoms with E-state index in [9.17, 15) is 4.79 Å². The van der Waals surface area contributed by atoms with Gasteiger partial charge in [-0.1, -0.05) is 6.07 Å². The molecule has 1 amide bonds. The van der Waals surface area contributed by atoms with Crippen LogP contribution in [0.4, 0.5) is 5.13 Å². The molecule has 0 radical (unpaired) electrons. The van der Waals surface area contributed by atoms with E-state index in [-0.39, 0.29) is 12.3 Å². The van der Waals surface area contributed by atoms with Gasteiger partial charge in [-0.25, -0.2) is 9.97 Å². The summed E-state index contributed by atoms with van der Waals surface area (Å²) in [6.45, 7) is 0. The topological polar surface area (TPSA) is 68.0 Å². The van der Waals surface area contributed by atoms with Gasteiger partial charge in [0.1, 0.15) is 0 Å². The fourth-order valence-corrected chi connectivity index (χ4v) is 4.37. The number of amides is 1. The Bertz CT molecular complexity index is 863. The van der Waals surface area contributed by atoms with Crippen molar-refractivity contribution in [2.45, 2.75) is 6.42 Å². The Kier molecular flexibility index (Phi) is 4.24. The first-order valence-electron chi connectivity index (χ1n) is 7.05. The quantitative estimate of drug-likeness (QED) is 0.547. The van der Waals surface area contributed by atoms with Crippen LogP contribution in [-0.4, -0.2) is 15.9 Å². The second kappa shape index (κ2) is 6.68. The molecule has 5 nitrogen and oxygen atoms in total. The van der Waals surface area contributed by atoms with E-state index < -0.39 is 0 Å². The van der Waals surface area contributed by atoms with Crippen molar-refractivity contribution in [1.82, 2.24) is 9.97 Å². The fraction of sp³-hybridized carbons (Fsp3) is 0.0625. The monoisotopic (exact) mass is 373 g/mol. The number of hydrogen-bond donors (Lipinski definition) is 1. The lowest BCUT2D eigenvalue weighted by Gasteiger charge is -1.99. The zero-order valence-electron chi connectivity index (χ0n) is 12.3. The molecule has 0 spiro atoms. The van der Waals surface area contributed by atoms with Crippen LogP contribution in [0.25, 0.3) is 21.3 Å². The standard InChI is InChI=1S/C16H11N3O2S3/c20-14(7-10-8-23-15(17-10)12-3-1-5-21-12)19-16-18-11(9-24-16)13-4-2-6-22-13/h1-6,8-9H,7H2,(H,18,19,20). The Labute approximate surface area is 149 Å². The number of furan rings is 1. The Balaban J connectivity index is 1.40. The van der Waals surface area contributed by atoms with Gasteiger partial charge in [-0.2, -0.15) is 0 Å². The van der Waals surface area contributed by atoms with Crippen LogP contribution in [0.15, 0.2) is 51.1 Å². The molecule has 0 unspecified atom stereocenters. The van der Waals surface area contributed by atoms with Gasteiger partial charge in [0.2, 0.25) is 5.91 Å². The lowest BCUT2D eigenvalue weighted by atomic mass is 10.3. The van der Waals surface area contributed by atoms with Crippen molar-refractivity contribution < 1.29 is 9.21 Å². The molecule has 4 aromatic rings. The number of anilines is 1. The van der Waals surface area contributed by atoms with Crippen molar-refractivity contribution in [2.24, 2.45) is 0 Å². The summed E-state index contributed by atoms with van der Waals surface area (Å²) in [5.41, 5.74) is 1.61. The molecule has 0 fully saturated rings. The van der Waals surface area contributed by atoms with Gasteiger partial charge < -0.3 is 9.73 Å². The molecule has 0 saturated heterocycles. The van der Waals surface area contributed by atoms with Crippen molar-refractivity contribution >= 4 is 45.0 Å². The third kappa shape index (κ3) is 3.30. The van der Waals surface area contributed by atoms with Crippen molar-refractivity contribution in [1.29, 1.82) is 0 Å². The smallest absolute Gasteiger partial charge is 0.232 e. The highest BCUT2D eigenvalue weighted by atomic mass is 32.1. The highest BCUT2D eigenvalue weighted by Gasteiger charge is 2.12. The first-order valence-corrected chi connectivity index (χ1v) is 9.69. The molecule has 0 saturated carbocycles. The second-order valence-corrected chi connectivity index (χ2v) is 7.53. The highest BCUT2D eigenvalue weighted by Crippen LogP contribution is 2.28. The van der Waals surface area contributed by atoms with E-state index in [2.05, 4.69) is 15.3 Å². The van der Waals surface area contributed by atoms with E-state index in [1.54, 1.807) is 17.6 Å². The molecule has 0 bridgehead atoms. The van der Waals surface area contributed by atoms with Crippen molar-refractivity contribution in [3.63, 3.8) is 0 Å². The number of nitrogens with zero attached hydrogens (tertiary/aromatic N) is 2. The molecule has 4 rings (SSSR count). The number of hydrogen-bond acceptors (Lipinski definition) is 7. The normalized spacial score (nSPS) is 10.8. The first-order chi connectivity index (χ1) is 11.8. The van der Waals surface area contributed by atoms with Crippen LogP contribution in [0.5, 0.6) is 0 Å². The molecule has 8 heteroatoms. The summed E-state index contributed by atoms with van der Waals surface area (Å²) in [5.74, 6) is 0.588. The van der Waals surface area contributed by atoms with Crippen LogP contribution < -0.4 is 5.32 Å². The van der Waals surface area contributed by atoms with E-state index >= 15 is 0 Å². The van der Waals surface area contributed by atoms with Crippen LogP contribution >= 0.6 is 34.0 Å². The summed E-state index contributed by atoms with van der Waals surface area (Å²) in [6, 6.07) is 7.66. The molecular weight excluding hydrogens is 362 g/mol. The Morgan fingerprint density at radius 1 is 1.12 bits per heavy atom. The predicted molar refractivity (Wildman–Crippen MR) is 97.6 cm³/mol. The summed E-state index contributed by atoms with van der Waals surface area (Å²) in [6.07, 6.45) is 1.82. The van der Waals surface area contributed by atoms with Crippen LogP contribution in [0, 0.1) is 0 Å². The van der Waals surface area contributed by atoms with Crippen molar-refractivity contribution in [3.8, 4) is 21.3 Å². The van der Waals surface area contributed by atoms with Gasteiger partial charge in [0.05, 0.1) is 28.9 Å². The summed E-state index contributed by atoms with van der Waals surface area (Å²) in [7, 11) is 0. The zero-order chi connectivity index (χ0) is 16.4. The number of thiophene rings is 1. The van der Waals surface area contributed by atoms with Crippen molar-refractivity contribution in [2.75, 3.05) is 5.32 Å². The number of carbonyl (C=O) groups excluding carboxylic acids is 1. The van der Waals surface area contributed by atoms with Gasteiger partial charge in [-0.05, 0) is 23.6 Å². The maximum absolute atomic E-state index is 12.2. The molecule has 24 heavy (non-hydrogen) atoms. The van der Waals surface area contributed by atoms with Crippen LogP contribution in [0.3, 0.4) is 0 Å². The molecule has 0 aliphatic carbocycles. The minimum Gasteiger partial charge on any atom is -0.462 e. The minimum atomic E-state index is -0.127. The number of rotatable bonds is 5. The SMILES string of the molecule is O=C(Cc1csc(-c2ccco2)n1)Nc1nc(-c2cccs2)cs1. The largest absolute Gasteiger partial charge is 0.462 e. The van der Waals surface area contributed by atoms with E-state index in [0.29, 0.717) is 10.9 Å². The maximum atomic E-state index is 12.2. The zero-order valence-corrected chi connectivity index (χ0v) is 14.7. The lowest BCUT2D eigenvalue weighted by Crippen LogP contribution is -2.14. The number of nitrogens with one attached hydrogen (secondary N) is 1. The average Bonchev–Trinajstić information content (AvgIpc) is 3.35. The van der Waals surface area contributed by atoms with Gasteiger partial charge in [-0.15, -0.1) is 34.0 Å². The van der Waals surface area contributed by atoms with E-state index in [1.807, 2.05) is 40.4 Å². The fourth-order valence-electron chi connectivity index (χ4n) is 2.10. The molecule has 1 N–H and O–H groups in total. The third-order valence-electron chi connectivity index (χ3n) is 3.15. The van der Waals surface area contributed by atoms with Gasteiger partial charge in [0, 0.05) is 10.8 Å². The summed E-state index contributed by atoms with van der Waals surface area (Å²) < 4.78 is 5.31. The third-order valence-corrected chi connectivity index (χ3v) is 5.71. The Morgan fingerprint density at radius 2 is 2.08 bits per heavy atom. The molecule has 0 atom stereocenters. The molecule has 0 aliphatic heterocycles. The number of aromatic nitrogens is 2. The van der Waals surface area contributed by atoms with Crippen LogP contribution in [0.2, 0.25) is 0 Å². The Hall–Kier alpha value is -2.29. The molecule has 4 aromatic heterocycles. The Morgan fingerprint density at radius 3 is 2.88 bits per heavy atom. The molecular formula is C16H11N3O2S3. The molecule has 0 aromatic carbocycles. The van der Waals surface area contributed by atoms with E-state index in [0.717, 1.165) is 21.3 Å². The minimum absolute atomic E-state index is 0.127. The maximum Gasteiger partial charge on any atom is 0.232 e. The molecule has 120 valence electrons. The summed E-state index contributed by atoms with van der Waals surface area (Å²) >= 11 is 4.51. The van der Waals surface area contributed by atoms with Gasteiger partial charge in [-0.3, -0.25) is 4.79 Å². The molecule has 4 heterocycles. The molecule has 0 aliphatic rings. The van der Waals surface area contributed by atoms with Gasteiger partial charge in [0.25, 0.3) is 0 Å². The van der Waals surface area contributed by atoms with E-state index in [4.69, 9.17) is 4.42 Å². The average molecular weight is 373 g/mol. The predicted octanol–water partition coefficient (Wildman–Crippen LogP) is 4.77. The summed E-state index contributed by atoms with van der Waals surface area (Å²) in [5, 5.41) is 10.0. The number of carbonyl (C=O) groups is 1. The summed E-state index contributed by atoms with van der Waals surface area (Å²) in [4.78, 5) is 22.1. The van der Waals surface area contributed by atoms with Gasteiger partial charge >= 0.3 is 0 Å². The second-order valence-electron chi connectivity index (χ2n) is 4.86. The lowest BCUT2D eigenvalue weighted by molar-refractivity contribution is -0.115. The van der Waals surface area contributed by atoms with E-state index in [1.165, 1.54) is 22.7 Å². The number of thiazole rings is 2. The highest BCUT2D eigenvalue weighted by molar-refractivity contribution is 7.16. The van der Waals surface area contributed by atoms with Crippen LogP contribution in [-0.2, 0) is 11.2 Å². The van der Waals surface area contributed by atoms with Crippen LogP contribution in [0.1, 0.15) is 5.69 Å².